The van der Waals surface area contributed by atoms with Crippen molar-refractivity contribution in [3.8, 4) is 0 Å². The molecule has 1 saturated carbocycles. The summed E-state index contributed by atoms with van der Waals surface area (Å²) in [5.74, 6) is 0.157. The third-order valence-corrected chi connectivity index (χ3v) is 2.09. The number of carbonyl (C=O) groups excluding carboxylic acids is 1. The second-order valence-corrected chi connectivity index (χ2v) is 3.13. The molecule has 0 bridgehead atoms. The van der Waals surface area contributed by atoms with Gasteiger partial charge in [-0.15, -0.1) is 0 Å². The normalized spacial score (nSPS) is 16.8. The number of ketones is 1. The minimum atomic E-state index is 0.157. The highest BCUT2D eigenvalue weighted by Gasteiger charge is 2.22. The lowest BCUT2D eigenvalue weighted by molar-refractivity contribution is 0.101. The summed E-state index contributed by atoms with van der Waals surface area (Å²) in [4.78, 5) is 10.9. The lowest BCUT2D eigenvalue weighted by Gasteiger charge is -1.94. The summed E-state index contributed by atoms with van der Waals surface area (Å²) in [5, 5.41) is 0. The molecule has 0 saturated heterocycles. The molecule has 1 aromatic heterocycles. The van der Waals surface area contributed by atoms with Crippen LogP contribution in [-0.4, -0.2) is 10.4 Å². The first-order valence-electron chi connectivity index (χ1n) is 3.96. The number of rotatable bonds is 2. The Labute approximate surface area is 65.8 Å². The molecule has 0 amide bonds. The largest absolute Gasteiger partial charge is 0.351 e. The fourth-order valence-corrected chi connectivity index (χ4v) is 1.22. The lowest BCUT2D eigenvalue weighted by Crippen LogP contribution is -1.90. The van der Waals surface area contributed by atoms with Crippen LogP contribution in [0.5, 0.6) is 0 Å². The van der Waals surface area contributed by atoms with E-state index in [4.69, 9.17) is 0 Å². The maximum absolute atomic E-state index is 10.9. The first-order valence-corrected chi connectivity index (χ1v) is 3.96. The fraction of sp³-hybridized carbons (Fsp3) is 0.444. The van der Waals surface area contributed by atoms with Crippen LogP contribution in [0.2, 0.25) is 0 Å². The quantitative estimate of drug-likeness (QED) is 0.590. The average Bonchev–Trinajstić information content (AvgIpc) is 2.68. The lowest BCUT2D eigenvalue weighted by atomic mass is 10.2. The highest BCUT2D eigenvalue weighted by Crippen LogP contribution is 2.34. The van der Waals surface area contributed by atoms with Crippen molar-refractivity contribution in [3.05, 3.63) is 24.0 Å². The standard InChI is InChI=1S/C9H11NO/c1-7(11)8-4-5-10(6-8)9-2-3-9/h4-6,9H,2-3H2,1H3. The maximum Gasteiger partial charge on any atom is 0.161 e. The van der Waals surface area contributed by atoms with Gasteiger partial charge in [0.2, 0.25) is 0 Å². The molecule has 1 heterocycles. The van der Waals surface area contributed by atoms with Gasteiger partial charge >= 0.3 is 0 Å². The van der Waals surface area contributed by atoms with Gasteiger partial charge in [0.15, 0.2) is 5.78 Å². The molecule has 2 heteroatoms. The molecule has 2 nitrogen and oxygen atoms in total. The third kappa shape index (κ3) is 1.20. The molecule has 0 aromatic carbocycles. The Hall–Kier alpha value is -1.05. The minimum Gasteiger partial charge on any atom is -0.351 e. The molecule has 0 atom stereocenters. The fourth-order valence-electron chi connectivity index (χ4n) is 1.22. The molecule has 0 unspecified atom stereocenters. The zero-order valence-electron chi connectivity index (χ0n) is 6.58. The van der Waals surface area contributed by atoms with Crippen LogP contribution in [0.25, 0.3) is 0 Å². The van der Waals surface area contributed by atoms with Crippen molar-refractivity contribution in [2.75, 3.05) is 0 Å². The van der Waals surface area contributed by atoms with Crippen molar-refractivity contribution in [2.45, 2.75) is 25.8 Å². The molecule has 58 valence electrons. The van der Waals surface area contributed by atoms with E-state index < -0.39 is 0 Å². The van der Waals surface area contributed by atoms with E-state index in [9.17, 15) is 4.79 Å². The van der Waals surface area contributed by atoms with Crippen LogP contribution in [0.4, 0.5) is 0 Å². The molecule has 0 radical (unpaired) electrons. The van der Waals surface area contributed by atoms with E-state index in [1.807, 2.05) is 18.5 Å². The summed E-state index contributed by atoms with van der Waals surface area (Å²) >= 11 is 0. The summed E-state index contributed by atoms with van der Waals surface area (Å²) in [7, 11) is 0. The van der Waals surface area contributed by atoms with Gasteiger partial charge in [-0.1, -0.05) is 0 Å². The van der Waals surface area contributed by atoms with Crippen LogP contribution in [0.15, 0.2) is 18.5 Å². The Morgan fingerprint density at radius 1 is 1.64 bits per heavy atom. The van der Waals surface area contributed by atoms with E-state index in [-0.39, 0.29) is 5.78 Å². The van der Waals surface area contributed by atoms with Gasteiger partial charge in [-0.3, -0.25) is 4.79 Å². The number of carbonyl (C=O) groups is 1. The highest BCUT2D eigenvalue weighted by atomic mass is 16.1. The zero-order valence-corrected chi connectivity index (χ0v) is 6.58. The van der Waals surface area contributed by atoms with Gasteiger partial charge in [0.05, 0.1) is 0 Å². The van der Waals surface area contributed by atoms with Crippen molar-refractivity contribution in [1.29, 1.82) is 0 Å². The second-order valence-electron chi connectivity index (χ2n) is 3.13. The van der Waals surface area contributed by atoms with Gasteiger partial charge in [-0.05, 0) is 25.8 Å². The molecule has 0 spiro atoms. The second kappa shape index (κ2) is 2.22. The van der Waals surface area contributed by atoms with Gasteiger partial charge in [0.25, 0.3) is 0 Å². The van der Waals surface area contributed by atoms with Crippen molar-refractivity contribution in [2.24, 2.45) is 0 Å². The average molecular weight is 149 g/mol. The molecule has 1 aliphatic carbocycles. The Morgan fingerprint density at radius 3 is 2.82 bits per heavy atom. The number of aromatic nitrogens is 1. The number of Topliss-reactive ketones (excluding diaryl/α,β-unsaturated/α-hetero) is 1. The van der Waals surface area contributed by atoms with Gasteiger partial charge in [-0.2, -0.15) is 0 Å². The Bertz CT molecular complexity index is 284. The molecule has 0 aliphatic heterocycles. The summed E-state index contributed by atoms with van der Waals surface area (Å²) in [6, 6.07) is 2.57. The predicted molar refractivity (Wildman–Crippen MR) is 42.7 cm³/mol. The minimum absolute atomic E-state index is 0.157. The van der Waals surface area contributed by atoms with Crippen LogP contribution >= 0.6 is 0 Å². The molecular weight excluding hydrogens is 138 g/mol. The molecule has 11 heavy (non-hydrogen) atoms. The van der Waals surface area contributed by atoms with E-state index in [2.05, 4.69) is 4.57 Å². The Kier molecular flexibility index (Phi) is 1.34. The van der Waals surface area contributed by atoms with Crippen LogP contribution < -0.4 is 0 Å². The topological polar surface area (TPSA) is 22.0 Å². The van der Waals surface area contributed by atoms with Crippen LogP contribution in [0, 0.1) is 0 Å². The SMILES string of the molecule is CC(=O)c1ccn(C2CC2)c1. The van der Waals surface area contributed by atoms with E-state index in [1.54, 1.807) is 6.92 Å². The Balaban J connectivity index is 2.25. The van der Waals surface area contributed by atoms with Crippen LogP contribution in [0.3, 0.4) is 0 Å². The third-order valence-electron chi connectivity index (χ3n) is 2.09. The molecule has 1 aromatic rings. The zero-order chi connectivity index (χ0) is 7.84. The van der Waals surface area contributed by atoms with Gasteiger partial charge in [0.1, 0.15) is 0 Å². The molecular formula is C9H11NO. The number of hydrogen-bond donors (Lipinski definition) is 0. The van der Waals surface area contributed by atoms with E-state index in [1.165, 1.54) is 12.8 Å². The molecule has 0 N–H and O–H groups in total. The summed E-state index contributed by atoms with van der Waals surface area (Å²) in [5.41, 5.74) is 0.830. The Morgan fingerprint density at radius 2 is 2.36 bits per heavy atom. The van der Waals surface area contributed by atoms with E-state index in [0.717, 1.165) is 5.56 Å². The summed E-state index contributed by atoms with van der Waals surface area (Å²) in [6.07, 6.45) is 6.48. The van der Waals surface area contributed by atoms with Crippen molar-refractivity contribution >= 4 is 5.78 Å². The molecule has 2 rings (SSSR count). The van der Waals surface area contributed by atoms with E-state index in [0.29, 0.717) is 6.04 Å². The smallest absolute Gasteiger partial charge is 0.161 e. The van der Waals surface area contributed by atoms with Crippen molar-refractivity contribution in [1.82, 2.24) is 4.57 Å². The van der Waals surface area contributed by atoms with Gasteiger partial charge in [0, 0.05) is 24.0 Å². The summed E-state index contributed by atoms with van der Waals surface area (Å²) in [6.45, 7) is 1.60. The maximum atomic E-state index is 10.9. The first-order chi connectivity index (χ1) is 5.27. The van der Waals surface area contributed by atoms with Gasteiger partial charge < -0.3 is 4.57 Å². The van der Waals surface area contributed by atoms with Gasteiger partial charge in [-0.25, -0.2) is 0 Å². The number of hydrogen-bond acceptors (Lipinski definition) is 1. The number of nitrogens with zero attached hydrogens (tertiary/aromatic N) is 1. The van der Waals surface area contributed by atoms with Crippen LogP contribution in [0.1, 0.15) is 36.2 Å². The highest BCUT2D eigenvalue weighted by molar-refractivity contribution is 5.93. The monoisotopic (exact) mass is 149 g/mol. The predicted octanol–water partition coefficient (Wildman–Crippen LogP) is 2.03. The molecule has 1 aliphatic rings. The van der Waals surface area contributed by atoms with Crippen LogP contribution in [-0.2, 0) is 0 Å². The molecule has 1 fully saturated rings. The van der Waals surface area contributed by atoms with Crippen molar-refractivity contribution < 1.29 is 4.79 Å². The first kappa shape index (κ1) is 6.65. The van der Waals surface area contributed by atoms with Crippen molar-refractivity contribution in [3.63, 3.8) is 0 Å². The summed E-state index contributed by atoms with van der Waals surface area (Å²) < 4.78 is 2.14. The van der Waals surface area contributed by atoms with E-state index >= 15 is 0 Å².